The van der Waals surface area contributed by atoms with E-state index in [1.165, 1.54) is 0 Å². The van der Waals surface area contributed by atoms with Gasteiger partial charge in [0, 0.05) is 29.2 Å². The normalized spacial score (nSPS) is 13.7. The summed E-state index contributed by atoms with van der Waals surface area (Å²) in [5, 5.41) is 4.93. The number of benzene rings is 3. The van der Waals surface area contributed by atoms with Gasteiger partial charge in [-0.25, -0.2) is 17.6 Å². The van der Waals surface area contributed by atoms with E-state index in [1.807, 2.05) is 81.4 Å². The van der Waals surface area contributed by atoms with Crippen molar-refractivity contribution in [3.63, 3.8) is 0 Å². The molecule has 4 rings (SSSR count). The van der Waals surface area contributed by atoms with Crippen molar-refractivity contribution in [2.24, 2.45) is 0 Å². The molecule has 0 bridgehead atoms. The first-order valence-electron chi connectivity index (χ1n) is 12.7. The Kier molecular flexibility index (Phi) is 8.16. The molecule has 1 atom stereocenters. The molecule has 1 heterocycles. The van der Waals surface area contributed by atoms with Crippen LogP contribution >= 0.6 is 0 Å². The van der Waals surface area contributed by atoms with Crippen LogP contribution in [0.15, 0.2) is 79.0 Å². The molecule has 0 radical (unpaired) electrons. The Hall–Kier alpha value is -2.94. The number of fused-ring (bicyclic) bond motifs is 1. The van der Waals surface area contributed by atoms with Gasteiger partial charge in [0.05, 0.1) is 13.2 Å². The summed E-state index contributed by atoms with van der Waals surface area (Å²) in [7, 11) is -3.09. The van der Waals surface area contributed by atoms with Crippen molar-refractivity contribution >= 4 is 29.6 Å². The molecule has 3 nitrogen and oxygen atoms in total. The molecule has 3 aromatic carbocycles. The Morgan fingerprint density at radius 3 is 2.00 bits per heavy atom. The number of H-pyrrole nitrogens is 1. The van der Waals surface area contributed by atoms with Gasteiger partial charge in [0.25, 0.3) is 14.2 Å². The molecule has 0 amide bonds. The molecule has 0 aliphatic heterocycles. The number of halogens is 4. The van der Waals surface area contributed by atoms with E-state index >= 15 is 8.78 Å². The molecule has 38 heavy (non-hydrogen) atoms. The Balaban J connectivity index is 1.49. The largest absolute Gasteiger partial charge is 0.401 e. The van der Waals surface area contributed by atoms with Crippen LogP contribution in [0, 0.1) is 11.6 Å². The van der Waals surface area contributed by atoms with Crippen LogP contribution in [0.4, 0.5) is 17.6 Å². The Morgan fingerprint density at radius 1 is 0.895 bits per heavy atom. The summed E-state index contributed by atoms with van der Waals surface area (Å²) >= 11 is 0. The highest BCUT2D eigenvalue weighted by Crippen LogP contribution is 2.37. The lowest BCUT2D eigenvalue weighted by Gasteiger charge is -2.43. The van der Waals surface area contributed by atoms with Crippen molar-refractivity contribution in [2.45, 2.75) is 51.1 Å². The molecule has 0 unspecified atom stereocenters. The van der Waals surface area contributed by atoms with Crippen molar-refractivity contribution in [3.8, 4) is 0 Å². The summed E-state index contributed by atoms with van der Waals surface area (Å²) < 4.78 is 64.3. The van der Waals surface area contributed by atoms with Crippen LogP contribution in [0.5, 0.6) is 0 Å². The van der Waals surface area contributed by atoms with Crippen molar-refractivity contribution in [1.29, 1.82) is 0 Å². The number of aromatic amines is 1. The summed E-state index contributed by atoms with van der Waals surface area (Å²) in [6.45, 7) is 6.64. The maximum Gasteiger partial charge on any atom is 0.281 e. The number of alkyl halides is 2. The van der Waals surface area contributed by atoms with E-state index in [1.54, 1.807) is 13.1 Å². The Bertz CT molecular complexity index is 1310. The standard InChI is InChI=1S/C30H34F4N2OSi/c1-21(15-22-18-35-28-17-27(32)26(31)16-25(22)28)36-19-30(33,34)20-37-38(29(2,3)4,23-11-7-5-8-12-23)24-13-9-6-10-14-24/h5-14,16-18,21,35-36H,15,19-20H2,1-4H3/t21-/m1/s1. The van der Waals surface area contributed by atoms with Crippen molar-refractivity contribution in [3.05, 3.63) is 96.2 Å². The number of nitrogens with one attached hydrogen (secondary N) is 2. The molecule has 0 saturated carbocycles. The van der Waals surface area contributed by atoms with Gasteiger partial charge in [-0.15, -0.1) is 0 Å². The van der Waals surface area contributed by atoms with E-state index in [-0.39, 0.29) is 6.04 Å². The van der Waals surface area contributed by atoms with E-state index in [0.29, 0.717) is 17.3 Å². The molecule has 202 valence electrons. The maximum absolute atomic E-state index is 15.3. The van der Waals surface area contributed by atoms with Crippen LogP contribution < -0.4 is 15.7 Å². The van der Waals surface area contributed by atoms with Gasteiger partial charge < -0.3 is 14.7 Å². The van der Waals surface area contributed by atoms with Crippen LogP contribution in [0.25, 0.3) is 10.9 Å². The minimum Gasteiger partial charge on any atom is -0.401 e. The number of aromatic nitrogens is 1. The van der Waals surface area contributed by atoms with Gasteiger partial charge in [0.2, 0.25) is 0 Å². The second-order valence-electron chi connectivity index (χ2n) is 10.9. The fourth-order valence-corrected chi connectivity index (χ4v) is 9.68. The summed E-state index contributed by atoms with van der Waals surface area (Å²) in [5.41, 5.74) is 1.20. The molecule has 0 saturated heterocycles. The fraction of sp³-hybridized carbons (Fsp3) is 0.333. The zero-order chi connectivity index (χ0) is 27.6. The summed E-state index contributed by atoms with van der Waals surface area (Å²) in [4.78, 5) is 2.92. The van der Waals surface area contributed by atoms with Gasteiger partial charge in [-0.05, 0) is 40.4 Å². The molecule has 0 fully saturated rings. The number of hydrogen-bond donors (Lipinski definition) is 2. The minimum absolute atomic E-state index is 0.333. The first-order chi connectivity index (χ1) is 17.9. The lowest BCUT2D eigenvalue weighted by atomic mass is 10.1. The molecular weight excluding hydrogens is 508 g/mol. The van der Waals surface area contributed by atoms with Gasteiger partial charge in [-0.2, -0.15) is 0 Å². The van der Waals surface area contributed by atoms with E-state index < -0.39 is 44.1 Å². The van der Waals surface area contributed by atoms with Crippen LogP contribution in [0.1, 0.15) is 33.3 Å². The lowest BCUT2D eigenvalue weighted by Crippen LogP contribution is -2.67. The van der Waals surface area contributed by atoms with Crippen LogP contribution in [-0.4, -0.2) is 38.4 Å². The molecule has 0 aliphatic rings. The SMILES string of the molecule is C[C@H](Cc1c[nH]c2cc(F)c(F)cc12)NCC(F)(F)CO[Si](c1ccccc1)(c1ccccc1)C(C)(C)C. The van der Waals surface area contributed by atoms with Crippen LogP contribution in [-0.2, 0) is 10.8 Å². The number of rotatable bonds is 10. The molecule has 8 heteroatoms. The second kappa shape index (κ2) is 11.0. The first-order valence-corrected chi connectivity index (χ1v) is 14.6. The second-order valence-corrected chi connectivity index (χ2v) is 15.2. The van der Waals surface area contributed by atoms with Gasteiger partial charge in [0.15, 0.2) is 11.6 Å². The zero-order valence-corrected chi connectivity index (χ0v) is 23.1. The quantitative estimate of drug-likeness (QED) is 0.186. The minimum atomic E-state index is -3.13. The highest BCUT2D eigenvalue weighted by molar-refractivity contribution is 6.99. The highest BCUT2D eigenvalue weighted by atomic mass is 28.4. The van der Waals surface area contributed by atoms with Crippen LogP contribution in [0.2, 0.25) is 5.04 Å². The van der Waals surface area contributed by atoms with Crippen molar-refractivity contribution in [2.75, 3.05) is 13.2 Å². The Labute approximate surface area is 222 Å². The molecule has 1 aromatic heterocycles. The van der Waals surface area contributed by atoms with Gasteiger partial charge >= 0.3 is 0 Å². The van der Waals surface area contributed by atoms with Crippen molar-refractivity contribution in [1.82, 2.24) is 10.3 Å². The third-order valence-electron chi connectivity index (χ3n) is 6.96. The smallest absolute Gasteiger partial charge is 0.281 e. The third kappa shape index (κ3) is 5.87. The average molecular weight is 543 g/mol. The maximum atomic E-state index is 15.3. The van der Waals surface area contributed by atoms with E-state index in [2.05, 4.69) is 10.3 Å². The summed E-state index contributed by atoms with van der Waals surface area (Å²) in [5.74, 6) is -5.00. The van der Waals surface area contributed by atoms with E-state index in [4.69, 9.17) is 4.43 Å². The predicted octanol–water partition coefficient (Wildman–Crippen LogP) is 6.18. The summed E-state index contributed by atoms with van der Waals surface area (Å²) in [6, 6.07) is 21.3. The Morgan fingerprint density at radius 2 is 1.45 bits per heavy atom. The first kappa shape index (κ1) is 28.1. The highest BCUT2D eigenvalue weighted by Gasteiger charge is 2.51. The third-order valence-corrected chi connectivity index (χ3v) is 11.9. The van der Waals surface area contributed by atoms with E-state index in [0.717, 1.165) is 28.1 Å². The van der Waals surface area contributed by atoms with Crippen LogP contribution in [0.3, 0.4) is 0 Å². The zero-order valence-electron chi connectivity index (χ0n) is 22.1. The van der Waals surface area contributed by atoms with E-state index in [9.17, 15) is 8.78 Å². The van der Waals surface area contributed by atoms with Crippen molar-refractivity contribution < 1.29 is 22.0 Å². The monoisotopic (exact) mass is 542 g/mol. The van der Waals surface area contributed by atoms with Gasteiger partial charge in [-0.1, -0.05) is 81.4 Å². The fourth-order valence-electron chi connectivity index (χ4n) is 5.10. The summed E-state index contributed by atoms with van der Waals surface area (Å²) in [6.07, 6.45) is 2.03. The van der Waals surface area contributed by atoms with Gasteiger partial charge in [0.1, 0.15) is 0 Å². The predicted molar refractivity (Wildman–Crippen MR) is 148 cm³/mol. The molecule has 2 N–H and O–H groups in total. The lowest BCUT2D eigenvalue weighted by molar-refractivity contribution is -0.0433. The molecule has 0 aliphatic carbocycles. The average Bonchev–Trinajstić information content (AvgIpc) is 3.25. The topological polar surface area (TPSA) is 37.0 Å². The molecule has 4 aromatic rings. The number of hydrogen-bond acceptors (Lipinski definition) is 2. The molecular formula is C30H34F4N2OSi. The van der Waals surface area contributed by atoms with Gasteiger partial charge in [-0.3, -0.25) is 0 Å². The molecule has 0 spiro atoms.